The van der Waals surface area contributed by atoms with Crippen LogP contribution in [0.5, 0.6) is 11.5 Å². The van der Waals surface area contributed by atoms with Crippen LogP contribution in [0, 0.1) is 0 Å². The van der Waals surface area contributed by atoms with Crippen LogP contribution in [0.2, 0.25) is 0 Å². The van der Waals surface area contributed by atoms with Crippen LogP contribution in [0.15, 0.2) is 49.0 Å². The van der Waals surface area contributed by atoms with E-state index >= 15 is 0 Å². The number of benzene rings is 1. The number of hydrogen-bond acceptors (Lipinski definition) is 4. The molecule has 2 aromatic rings. The molecule has 0 saturated heterocycles. The fraction of sp³-hybridized carbons (Fsp3) is 0.348. The number of amides is 1. The number of hydrogen-bond donors (Lipinski definition) is 1. The summed E-state index contributed by atoms with van der Waals surface area (Å²) in [5.74, 6) is 2.16. The standard InChI is InChI=1S/C23H25N3O3.W/c1-23(2)16-17-14-20-18(15-19(17)29-23)22(27)25-9-5-3-4-8-21-24-10-12-26(21)11-6-7-13-28-20;/h3-5,9-10,12,14-15H,6-7,11,13,16H2,1-2H3,(H,25,27);. The Hall–Kier alpha value is -2.46. The Kier molecular flexibility index (Phi) is 6.05. The summed E-state index contributed by atoms with van der Waals surface area (Å²) < 4.78 is 15.4. The van der Waals surface area contributed by atoms with Crippen LogP contribution in [0.3, 0.4) is 0 Å². The molecule has 2 aliphatic heterocycles. The molecule has 0 radical (unpaired) electrons. The monoisotopic (exact) mass is 575 g/mol. The van der Waals surface area contributed by atoms with Gasteiger partial charge >= 0.3 is 174 Å². The van der Waals surface area contributed by atoms with Crippen LogP contribution in [0.1, 0.15) is 48.4 Å². The van der Waals surface area contributed by atoms with Gasteiger partial charge in [0.05, 0.1) is 0 Å². The van der Waals surface area contributed by atoms with Gasteiger partial charge in [0, 0.05) is 0 Å². The Morgan fingerprint density at radius 2 is 2.07 bits per heavy atom. The zero-order chi connectivity index (χ0) is 21.1. The second-order valence-electron chi connectivity index (χ2n) is 8.05. The molecule has 6 nitrogen and oxygen atoms in total. The molecule has 30 heavy (non-hydrogen) atoms. The van der Waals surface area contributed by atoms with Gasteiger partial charge in [0.2, 0.25) is 0 Å². The van der Waals surface area contributed by atoms with E-state index in [4.69, 9.17) is 9.47 Å². The molecule has 0 bridgehead atoms. The molecule has 4 rings (SSSR count). The molecular weight excluding hydrogens is 550 g/mol. The van der Waals surface area contributed by atoms with Crippen LogP contribution >= 0.6 is 0 Å². The van der Waals surface area contributed by atoms with Gasteiger partial charge < -0.3 is 0 Å². The molecule has 0 atom stereocenters. The second-order valence-corrected chi connectivity index (χ2v) is 9.63. The third kappa shape index (κ3) is 4.64. The molecule has 7 heteroatoms. The van der Waals surface area contributed by atoms with Gasteiger partial charge in [-0.1, -0.05) is 0 Å². The Morgan fingerprint density at radius 1 is 1.20 bits per heavy atom. The maximum atomic E-state index is 12.8. The number of ether oxygens (including phenoxy) is 2. The number of aryl methyl sites for hydroxylation is 1. The van der Waals surface area contributed by atoms with Crippen molar-refractivity contribution < 1.29 is 33.6 Å². The van der Waals surface area contributed by atoms with E-state index in [1.165, 1.54) is 19.4 Å². The van der Waals surface area contributed by atoms with E-state index in [0.717, 1.165) is 46.8 Å². The van der Waals surface area contributed by atoms with Crippen molar-refractivity contribution in [1.82, 2.24) is 14.9 Å². The van der Waals surface area contributed by atoms with E-state index in [-0.39, 0.29) is 11.5 Å². The average Bonchev–Trinajstić information content (AvgIpc) is 3.27. The van der Waals surface area contributed by atoms with Crippen molar-refractivity contribution >= 4 is 9.81 Å². The molecule has 3 heterocycles. The van der Waals surface area contributed by atoms with Crippen molar-refractivity contribution in [1.29, 1.82) is 0 Å². The summed E-state index contributed by atoms with van der Waals surface area (Å²) >= 11 is 1.35. The molecule has 1 aromatic heterocycles. The predicted octanol–water partition coefficient (Wildman–Crippen LogP) is 3.34. The average molecular weight is 575 g/mol. The number of rotatable bonds is 0. The third-order valence-corrected chi connectivity index (χ3v) is 6.21. The second kappa shape index (κ2) is 8.73. The van der Waals surface area contributed by atoms with Gasteiger partial charge in [-0.05, 0) is 13.8 Å². The summed E-state index contributed by atoms with van der Waals surface area (Å²) in [6.07, 6.45) is 13.9. The minimum atomic E-state index is -0.270. The number of fused-ring (bicyclic) bond motifs is 3. The summed E-state index contributed by atoms with van der Waals surface area (Å²) in [5.41, 5.74) is 1.31. The normalized spacial score (nSPS) is 18.6. The Bertz CT molecular complexity index is 1040. The van der Waals surface area contributed by atoms with Crippen molar-refractivity contribution in [2.75, 3.05) is 6.61 Å². The van der Waals surface area contributed by atoms with Crippen LogP contribution < -0.4 is 14.8 Å². The summed E-state index contributed by atoms with van der Waals surface area (Å²) in [6, 6.07) is 3.77. The number of nitrogens with zero attached hydrogens (tertiary/aromatic N) is 2. The van der Waals surface area contributed by atoms with E-state index in [9.17, 15) is 4.79 Å². The molecule has 0 aliphatic carbocycles. The van der Waals surface area contributed by atoms with Crippen molar-refractivity contribution in [2.45, 2.75) is 45.3 Å². The summed E-state index contributed by atoms with van der Waals surface area (Å²) in [7, 11) is 0. The van der Waals surface area contributed by atoms with Gasteiger partial charge in [-0.2, -0.15) is 0 Å². The number of imidazole rings is 1. The Morgan fingerprint density at radius 3 is 2.93 bits per heavy atom. The molecule has 156 valence electrons. The van der Waals surface area contributed by atoms with Gasteiger partial charge in [-0.3, -0.25) is 0 Å². The molecule has 0 fully saturated rings. The van der Waals surface area contributed by atoms with Crippen molar-refractivity contribution in [2.24, 2.45) is 0 Å². The van der Waals surface area contributed by atoms with E-state index in [2.05, 4.69) is 28.7 Å². The molecule has 0 unspecified atom stereocenters. The summed E-state index contributed by atoms with van der Waals surface area (Å²) in [6.45, 7) is 5.54. The van der Waals surface area contributed by atoms with E-state index < -0.39 is 0 Å². The van der Waals surface area contributed by atoms with Gasteiger partial charge in [0.15, 0.2) is 0 Å². The topological polar surface area (TPSA) is 65.4 Å². The van der Waals surface area contributed by atoms with Crippen LogP contribution in [-0.2, 0) is 32.3 Å². The first-order valence-electron chi connectivity index (χ1n) is 10.1. The number of carbonyl (C=O) groups is 1. The molecule has 2 aliphatic rings. The van der Waals surface area contributed by atoms with Crippen LogP contribution in [0.25, 0.3) is 0 Å². The number of aromatic nitrogens is 2. The van der Waals surface area contributed by atoms with Gasteiger partial charge in [-0.15, -0.1) is 0 Å². The van der Waals surface area contributed by atoms with E-state index in [0.29, 0.717) is 17.9 Å². The van der Waals surface area contributed by atoms with Crippen molar-refractivity contribution in [3.05, 3.63) is 65.9 Å². The first kappa shape index (κ1) is 20.8. The zero-order valence-corrected chi connectivity index (χ0v) is 20.1. The molecule has 0 saturated carbocycles. The van der Waals surface area contributed by atoms with Gasteiger partial charge in [0.25, 0.3) is 0 Å². The van der Waals surface area contributed by atoms with Crippen molar-refractivity contribution in [3.63, 3.8) is 0 Å². The third-order valence-electron chi connectivity index (χ3n) is 5.07. The first-order chi connectivity index (χ1) is 14.4. The molecule has 1 aromatic carbocycles. The van der Waals surface area contributed by atoms with Crippen molar-refractivity contribution in [3.8, 4) is 11.5 Å². The number of nitrogens with one attached hydrogen (secondary N) is 1. The molecule has 1 amide bonds. The van der Waals surface area contributed by atoms with Crippen LogP contribution in [-0.4, -0.2) is 31.6 Å². The molecular formula is C23H25N3O3W. The fourth-order valence-electron chi connectivity index (χ4n) is 3.68. The van der Waals surface area contributed by atoms with Crippen LogP contribution in [0.4, 0.5) is 0 Å². The molecule has 0 spiro atoms. The first-order valence-corrected chi connectivity index (χ1v) is 11.6. The predicted molar refractivity (Wildman–Crippen MR) is 112 cm³/mol. The fourth-order valence-corrected chi connectivity index (χ4v) is 4.57. The van der Waals surface area contributed by atoms with Gasteiger partial charge in [0.1, 0.15) is 0 Å². The maximum absolute atomic E-state index is 12.8. The zero-order valence-electron chi connectivity index (χ0n) is 17.2. The SMILES string of the molecule is CC1(C)Cc2cc3c(cc2O1)C(=O)NC=CC=C[C](=[W])c1nccn1CCCCO3. The quantitative estimate of drug-likeness (QED) is 0.524. The summed E-state index contributed by atoms with van der Waals surface area (Å²) in [4.78, 5) is 17.3. The van der Waals surface area contributed by atoms with Gasteiger partial charge in [-0.25, -0.2) is 0 Å². The molecule has 1 N–H and O–H groups in total. The number of allylic oxidation sites excluding steroid dienone is 3. The Balaban J connectivity index is 1.60. The minimum absolute atomic E-state index is 0.209. The van der Waals surface area contributed by atoms with E-state index in [1.807, 2.05) is 36.7 Å². The number of carbonyl (C=O) groups excluding carboxylic acids is 1. The summed E-state index contributed by atoms with van der Waals surface area (Å²) in [5, 5.41) is 2.83. The Labute approximate surface area is 187 Å². The van der Waals surface area contributed by atoms with E-state index in [1.54, 1.807) is 12.3 Å².